The highest BCUT2D eigenvalue weighted by molar-refractivity contribution is 6.31. The Labute approximate surface area is 174 Å². The van der Waals surface area contributed by atoms with Crippen LogP contribution in [0.5, 0.6) is 11.5 Å². The Kier molecular flexibility index (Phi) is 5.48. The second-order valence-electron chi connectivity index (χ2n) is 7.29. The third-order valence-corrected chi connectivity index (χ3v) is 5.86. The zero-order valence-electron chi connectivity index (χ0n) is 16.7. The van der Waals surface area contributed by atoms with Crippen LogP contribution < -0.4 is 14.9 Å². The van der Waals surface area contributed by atoms with Gasteiger partial charge in [-0.15, -0.1) is 0 Å². The molecule has 1 saturated heterocycles. The molecular weight excluding hydrogens is 392 g/mol. The molecule has 3 heterocycles. The van der Waals surface area contributed by atoms with Crippen molar-refractivity contribution in [2.75, 3.05) is 34.4 Å². The number of fused-ring (bicyclic) bond motifs is 1. The van der Waals surface area contributed by atoms with Crippen molar-refractivity contribution < 1.29 is 13.9 Å². The molecule has 152 valence electrons. The fourth-order valence-electron chi connectivity index (χ4n) is 4.01. The van der Waals surface area contributed by atoms with Gasteiger partial charge in [0.25, 0.3) is 0 Å². The molecule has 1 aliphatic rings. The van der Waals surface area contributed by atoms with E-state index in [1.54, 1.807) is 31.5 Å². The van der Waals surface area contributed by atoms with Crippen molar-refractivity contribution >= 4 is 22.6 Å². The quantitative estimate of drug-likeness (QED) is 0.592. The summed E-state index contributed by atoms with van der Waals surface area (Å²) < 4.78 is 17.5. The minimum Gasteiger partial charge on any atom is -0.496 e. The highest BCUT2D eigenvalue weighted by Gasteiger charge is 2.28. The lowest BCUT2D eigenvalue weighted by molar-refractivity contribution is 0.252. The van der Waals surface area contributed by atoms with E-state index in [0.29, 0.717) is 33.8 Å². The number of hydrogen-bond acceptors (Lipinski definition) is 6. The zero-order chi connectivity index (χ0) is 20.5. The van der Waals surface area contributed by atoms with Gasteiger partial charge >= 0.3 is 0 Å². The van der Waals surface area contributed by atoms with Crippen LogP contribution in [-0.2, 0) is 0 Å². The molecule has 1 aromatic carbocycles. The number of halogens is 1. The molecule has 2 aromatic heterocycles. The van der Waals surface area contributed by atoms with Gasteiger partial charge < -0.3 is 18.8 Å². The molecular formula is C22H23ClN2O4. The summed E-state index contributed by atoms with van der Waals surface area (Å²) in [6, 6.07) is 6.77. The average Bonchev–Trinajstić information content (AvgIpc) is 2.73. The lowest BCUT2D eigenvalue weighted by Crippen LogP contribution is -2.29. The number of pyridine rings is 1. The Morgan fingerprint density at radius 1 is 1.17 bits per heavy atom. The van der Waals surface area contributed by atoms with Gasteiger partial charge in [-0.05, 0) is 51.0 Å². The summed E-state index contributed by atoms with van der Waals surface area (Å²) in [5, 5.41) is 0.705. The summed E-state index contributed by atoms with van der Waals surface area (Å²) in [6.45, 7) is 1.94. The topological polar surface area (TPSA) is 64.8 Å². The maximum atomic E-state index is 13.1. The molecule has 3 aromatic rings. The summed E-state index contributed by atoms with van der Waals surface area (Å²) in [4.78, 5) is 19.5. The summed E-state index contributed by atoms with van der Waals surface area (Å²) >= 11 is 6.26. The number of piperidine rings is 1. The molecule has 1 aliphatic heterocycles. The van der Waals surface area contributed by atoms with E-state index in [0.717, 1.165) is 31.5 Å². The summed E-state index contributed by atoms with van der Waals surface area (Å²) in [6.07, 6.45) is 3.51. The Hall–Kier alpha value is -2.57. The molecule has 0 N–H and O–H groups in total. The molecule has 0 saturated carbocycles. The standard InChI is InChI=1S/C22H23ClN2O4/c1-25-9-6-13(7-10-25)19-17(27-2)12-18(28-3)20-15(26)11-16(29-21(19)20)14-5-4-8-24-22(14)23/h4-5,8,11-13H,6-7,9-10H2,1-3H3. The van der Waals surface area contributed by atoms with Gasteiger partial charge in [-0.25, -0.2) is 4.98 Å². The van der Waals surface area contributed by atoms with Crippen LogP contribution in [0.1, 0.15) is 24.3 Å². The van der Waals surface area contributed by atoms with Crippen LogP contribution in [0, 0.1) is 0 Å². The number of nitrogens with zero attached hydrogens (tertiary/aromatic N) is 2. The monoisotopic (exact) mass is 414 g/mol. The Balaban J connectivity index is 2.02. The molecule has 0 radical (unpaired) electrons. The van der Waals surface area contributed by atoms with Gasteiger partial charge in [0.15, 0.2) is 5.43 Å². The third-order valence-electron chi connectivity index (χ3n) is 5.56. The van der Waals surface area contributed by atoms with Gasteiger partial charge in [0, 0.05) is 23.9 Å². The number of aromatic nitrogens is 1. The smallest absolute Gasteiger partial charge is 0.197 e. The fraction of sp³-hybridized carbons (Fsp3) is 0.364. The van der Waals surface area contributed by atoms with E-state index in [2.05, 4.69) is 16.9 Å². The molecule has 0 unspecified atom stereocenters. The number of benzene rings is 1. The van der Waals surface area contributed by atoms with Crippen LogP contribution in [0.3, 0.4) is 0 Å². The van der Waals surface area contributed by atoms with Crippen LogP contribution in [0.15, 0.2) is 39.7 Å². The van der Waals surface area contributed by atoms with Crippen molar-refractivity contribution in [2.45, 2.75) is 18.8 Å². The molecule has 7 heteroatoms. The fourth-order valence-corrected chi connectivity index (χ4v) is 4.23. The zero-order valence-corrected chi connectivity index (χ0v) is 17.5. The largest absolute Gasteiger partial charge is 0.496 e. The normalized spacial score (nSPS) is 15.6. The van der Waals surface area contributed by atoms with E-state index < -0.39 is 0 Å². The number of rotatable bonds is 4. The minimum absolute atomic E-state index is 0.185. The lowest BCUT2D eigenvalue weighted by atomic mass is 9.87. The predicted molar refractivity (Wildman–Crippen MR) is 113 cm³/mol. The molecule has 0 atom stereocenters. The second-order valence-corrected chi connectivity index (χ2v) is 7.65. The van der Waals surface area contributed by atoms with Crippen LogP contribution in [0.4, 0.5) is 0 Å². The van der Waals surface area contributed by atoms with Gasteiger partial charge in [-0.1, -0.05) is 11.6 Å². The Bertz CT molecular complexity index is 1100. The van der Waals surface area contributed by atoms with E-state index in [-0.39, 0.29) is 16.5 Å². The Morgan fingerprint density at radius 3 is 2.55 bits per heavy atom. The van der Waals surface area contributed by atoms with Crippen molar-refractivity contribution in [3.63, 3.8) is 0 Å². The van der Waals surface area contributed by atoms with Gasteiger partial charge in [0.2, 0.25) is 0 Å². The first-order valence-electron chi connectivity index (χ1n) is 9.55. The number of hydrogen-bond donors (Lipinski definition) is 0. The summed E-state index contributed by atoms with van der Waals surface area (Å²) in [5.41, 5.74) is 1.80. The highest BCUT2D eigenvalue weighted by atomic mass is 35.5. The maximum absolute atomic E-state index is 13.1. The van der Waals surface area contributed by atoms with Gasteiger partial charge in [-0.2, -0.15) is 0 Å². The van der Waals surface area contributed by atoms with E-state index in [1.165, 1.54) is 13.2 Å². The van der Waals surface area contributed by atoms with Gasteiger partial charge in [-0.3, -0.25) is 4.79 Å². The summed E-state index contributed by atoms with van der Waals surface area (Å²) in [7, 11) is 5.27. The van der Waals surface area contributed by atoms with Crippen molar-refractivity contribution in [3.8, 4) is 22.8 Å². The second kappa shape index (κ2) is 8.05. The Morgan fingerprint density at radius 2 is 1.90 bits per heavy atom. The predicted octanol–water partition coefficient (Wildman–Crippen LogP) is 4.33. The first-order chi connectivity index (χ1) is 14.0. The number of likely N-dealkylation sites (tertiary alicyclic amines) is 1. The SMILES string of the molecule is COc1cc(OC)c2c(=O)cc(-c3cccnc3Cl)oc2c1C1CCN(C)CC1. The highest BCUT2D eigenvalue weighted by Crippen LogP contribution is 2.43. The van der Waals surface area contributed by atoms with Crippen molar-refractivity contribution in [3.05, 3.63) is 51.4 Å². The van der Waals surface area contributed by atoms with Crippen LogP contribution >= 0.6 is 11.6 Å². The summed E-state index contributed by atoms with van der Waals surface area (Å²) in [5.74, 6) is 1.70. The van der Waals surface area contributed by atoms with Gasteiger partial charge in [0.1, 0.15) is 33.4 Å². The van der Waals surface area contributed by atoms with Gasteiger partial charge in [0.05, 0.1) is 19.8 Å². The number of methoxy groups -OCH3 is 2. The van der Waals surface area contributed by atoms with E-state index in [4.69, 9.17) is 25.5 Å². The van der Waals surface area contributed by atoms with Crippen molar-refractivity contribution in [1.29, 1.82) is 0 Å². The average molecular weight is 415 g/mol. The lowest BCUT2D eigenvalue weighted by Gasteiger charge is -2.30. The molecule has 6 nitrogen and oxygen atoms in total. The van der Waals surface area contributed by atoms with Crippen LogP contribution in [0.2, 0.25) is 5.15 Å². The van der Waals surface area contributed by atoms with Crippen molar-refractivity contribution in [1.82, 2.24) is 9.88 Å². The molecule has 29 heavy (non-hydrogen) atoms. The molecule has 0 aliphatic carbocycles. The van der Waals surface area contributed by atoms with Crippen molar-refractivity contribution in [2.24, 2.45) is 0 Å². The van der Waals surface area contributed by atoms with Crippen LogP contribution in [0.25, 0.3) is 22.3 Å². The maximum Gasteiger partial charge on any atom is 0.197 e. The van der Waals surface area contributed by atoms with Crippen LogP contribution in [-0.4, -0.2) is 44.2 Å². The first kappa shape index (κ1) is 19.7. The molecule has 0 amide bonds. The van der Waals surface area contributed by atoms with E-state index in [9.17, 15) is 4.79 Å². The molecule has 1 fully saturated rings. The number of ether oxygens (including phenoxy) is 2. The first-order valence-corrected chi connectivity index (χ1v) is 9.93. The van der Waals surface area contributed by atoms with E-state index >= 15 is 0 Å². The molecule has 4 rings (SSSR count). The molecule has 0 bridgehead atoms. The van der Waals surface area contributed by atoms with E-state index in [1.807, 2.05) is 0 Å². The minimum atomic E-state index is -0.185. The molecule has 0 spiro atoms. The third kappa shape index (κ3) is 3.58.